The van der Waals surface area contributed by atoms with Crippen molar-refractivity contribution in [2.45, 2.75) is 20.4 Å². The van der Waals surface area contributed by atoms with Gasteiger partial charge in [0, 0.05) is 0 Å². The van der Waals surface area contributed by atoms with Crippen molar-refractivity contribution in [2.75, 3.05) is 0 Å². The largest absolute Gasteiger partial charge is 0.179 e. The van der Waals surface area contributed by atoms with E-state index in [1.165, 1.54) is 16.7 Å². The molecular formula is C15H16BrN3. The topological polar surface area (TPSA) is 30.7 Å². The molecule has 0 unspecified atom stereocenters. The van der Waals surface area contributed by atoms with Gasteiger partial charge in [-0.3, -0.25) is 0 Å². The first-order valence-electron chi connectivity index (χ1n) is 6.08. The van der Waals surface area contributed by atoms with E-state index in [0.29, 0.717) is 0 Å². The molecule has 0 aliphatic carbocycles. The highest BCUT2D eigenvalue weighted by atomic mass is 79.9. The Kier molecular flexibility index (Phi) is 4.00. The van der Waals surface area contributed by atoms with Gasteiger partial charge in [-0.1, -0.05) is 41.5 Å². The third kappa shape index (κ3) is 3.01. The maximum atomic E-state index is 4.47. The Hall–Kier alpha value is -1.68. The van der Waals surface area contributed by atoms with Crippen LogP contribution in [0.2, 0.25) is 0 Å². The standard InChI is InChI=1S/C15H15N3.BrH/c1-11-7-12(2)9-13(8-11)10-18-16-14-5-3-4-6-15(14)17-18;/h3-9H,10H2,1-2H3;1H. The maximum absolute atomic E-state index is 4.47. The van der Waals surface area contributed by atoms with E-state index in [0.717, 1.165) is 17.6 Å². The number of fused-ring (bicyclic) bond motifs is 1. The fourth-order valence-corrected chi connectivity index (χ4v) is 2.30. The fourth-order valence-electron chi connectivity index (χ4n) is 2.30. The monoisotopic (exact) mass is 317 g/mol. The van der Waals surface area contributed by atoms with E-state index >= 15 is 0 Å². The minimum atomic E-state index is 0. The Balaban J connectivity index is 0.00000133. The zero-order valence-electron chi connectivity index (χ0n) is 11.0. The molecule has 2 aromatic carbocycles. The molecule has 19 heavy (non-hydrogen) atoms. The lowest BCUT2D eigenvalue weighted by molar-refractivity contribution is 0.600. The fraction of sp³-hybridized carbons (Fsp3) is 0.200. The van der Waals surface area contributed by atoms with Crippen molar-refractivity contribution in [3.05, 3.63) is 59.2 Å². The summed E-state index contributed by atoms with van der Waals surface area (Å²) >= 11 is 0. The van der Waals surface area contributed by atoms with Crippen LogP contribution in [0.15, 0.2) is 42.5 Å². The summed E-state index contributed by atoms with van der Waals surface area (Å²) in [5.74, 6) is 0. The summed E-state index contributed by atoms with van der Waals surface area (Å²) < 4.78 is 0. The molecule has 0 saturated carbocycles. The predicted octanol–water partition coefficient (Wildman–Crippen LogP) is 3.67. The SMILES string of the molecule is Br.Cc1cc(C)cc(Cn2nc3ccccc3n2)c1. The van der Waals surface area contributed by atoms with Gasteiger partial charge in [-0.15, -0.1) is 17.0 Å². The lowest BCUT2D eigenvalue weighted by Crippen LogP contribution is -2.04. The number of aryl methyl sites for hydroxylation is 2. The molecule has 0 saturated heterocycles. The average Bonchev–Trinajstić information content (AvgIpc) is 2.69. The lowest BCUT2D eigenvalue weighted by Gasteiger charge is -2.03. The Bertz CT molecular complexity index is 650. The lowest BCUT2D eigenvalue weighted by atomic mass is 10.1. The number of benzene rings is 2. The van der Waals surface area contributed by atoms with E-state index in [2.05, 4.69) is 42.2 Å². The van der Waals surface area contributed by atoms with Gasteiger partial charge >= 0.3 is 0 Å². The van der Waals surface area contributed by atoms with E-state index in [1.807, 2.05) is 24.3 Å². The summed E-state index contributed by atoms with van der Waals surface area (Å²) in [5.41, 5.74) is 5.69. The van der Waals surface area contributed by atoms with Gasteiger partial charge in [0.15, 0.2) is 0 Å². The van der Waals surface area contributed by atoms with Crippen molar-refractivity contribution < 1.29 is 0 Å². The third-order valence-corrected chi connectivity index (χ3v) is 2.93. The molecule has 1 aromatic heterocycles. The molecule has 0 spiro atoms. The van der Waals surface area contributed by atoms with Crippen LogP contribution in [0.3, 0.4) is 0 Å². The van der Waals surface area contributed by atoms with Gasteiger partial charge in [0.1, 0.15) is 11.0 Å². The molecule has 3 aromatic rings. The van der Waals surface area contributed by atoms with Crippen LogP contribution in [0.1, 0.15) is 16.7 Å². The van der Waals surface area contributed by atoms with Gasteiger partial charge in [0.25, 0.3) is 0 Å². The Labute approximate surface area is 123 Å². The van der Waals surface area contributed by atoms with E-state index in [9.17, 15) is 0 Å². The Morgan fingerprint density at radius 2 is 1.42 bits per heavy atom. The smallest absolute Gasteiger partial charge is 0.113 e. The second-order valence-corrected chi connectivity index (χ2v) is 4.72. The van der Waals surface area contributed by atoms with Crippen LogP contribution in [0.5, 0.6) is 0 Å². The molecule has 0 aliphatic rings. The van der Waals surface area contributed by atoms with Crippen molar-refractivity contribution in [3.8, 4) is 0 Å². The first kappa shape index (κ1) is 13.7. The summed E-state index contributed by atoms with van der Waals surface area (Å²) in [7, 11) is 0. The molecule has 0 bridgehead atoms. The average molecular weight is 318 g/mol. The van der Waals surface area contributed by atoms with Crippen molar-refractivity contribution in [2.24, 2.45) is 0 Å². The Morgan fingerprint density at radius 3 is 1.95 bits per heavy atom. The van der Waals surface area contributed by atoms with Crippen molar-refractivity contribution >= 4 is 28.0 Å². The number of aromatic nitrogens is 3. The molecule has 0 N–H and O–H groups in total. The van der Waals surface area contributed by atoms with Crippen LogP contribution < -0.4 is 0 Å². The van der Waals surface area contributed by atoms with E-state index in [-0.39, 0.29) is 17.0 Å². The van der Waals surface area contributed by atoms with E-state index in [4.69, 9.17) is 0 Å². The molecule has 1 heterocycles. The zero-order valence-corrected chi connectivity index (χ0v) is 12.7. The first-order chi connectivity index (χ1) is 8.70. The van der Waals surface area contributed by atoms with Crippen LogP contribution in [-0.4, -0.2) is 15.0 Å². The van der Waals surface area contributed by atoms with Crippen molar-refractivity contribution in [1.29, 1.82) is 0 Å². The van der Waals surface area contributed by atoms with Crippen LogP contribution in [0, 0.1) is 13.8 Å². The molecule has 0 atom stereocenters. The molecule has 4 heteroatoms. The second-order valence-electron chi connectivity index (χ2n) is 4.72. The number of rotatable bonds is 2. The highest BCUT2D eigenvalue weighted by Gasteiger charge is 2.03. The summed E-state index contributed by atoms with van der Waals surface area (Å²) in [6.45, 7) is 4.95. The van der Waals surface area contributed by atoms with Crippen LogP contribution >= 0.6 is 17.0 Å². The van der Waals surface area contributed by atoms with Gasteiger partial charge in [0.2, 0.25) is 0 Å². The van der Waals surface area contributed by atoms with Gasteiger partial charge in [-0.05, 0) is 31.5 Å². The zero-order chi connectivity index (χ0) is 12.5. The predicted molar refractivity (Wildman–Crippen MR) is 82.9 cm³/mol. The van der Waals surface area contributed by atoms with Crippen LogP contribution in [0.4, 0.5) is 0 Å². The number of hydrogen-bond donors (Lipinski definition) is 0. The molecule has 3 nitrogen and oxygen atoms in total. The van der Waals surface area contributed by atoms with E-state index < -0.39 is 0 Å². The van der Waals surface area contributed by atoms with Gasteiger partial charge in [-0.2, -0.15) is 15.0 Å². The molecule has 3 rings (SSSR count). The Morgan fingerprint density at radius 1 is 0.895 bits per heavy atom. The van der Waals surface area contributed by atoms with Gasteiger partial charge in [-0.25, -0.2) is 0 Å². The van der Waals surface area contributed by atoms with Crippen molar-refractivity contribution in [1.82, 2.24) is 15.0 Å². The number of halogens is 1. The summed E-state index contributed by atoms with van der Waals surface area (Å²) in [6, 6.07) is 14.5. The molecule has 98 valence electrons. The minimum Gasteiger partial charge on any atom is -0.179 e. The quantitative estimate of drug-likeness (QED) is 0.722. The van der Waals surface area contributed by atoms with E-state index in [1.54, 1.807) is 4.80 Å². The molecular weight excluding hydrogens is 302 g/mol. The molecule has 0 aliphatic heterocycles. The van der Waals surface area contributed by atoms with Gasteiger partial charge in [0.05, 0.1) is 6.54 Å². The molecule has 0 fully saturated rings. The third-order valence-electron chi connectivity index (χ3n) is 2.93. The first-order valence-corrected chi connectivity index (χ1v) is 6.08. The normalized spacial score (nSPS) is 10.4. The summed E-state index contributed by atoms with van der Waals surface area (Å²) in [5, 5.41) is 8.95. The maximum Gasteiger partial charge on any atom is 0.113 e. The van der Waals surface area contributed by atoms with Crippen molar-refractivity contribution in [3.63, 3.8) is 0 Å². The molecule has 0 radical (unpaired) electrons. The molecule has 0 amide bonds. The second kappa shape index (κ2) is 5.53. The number of nitrogens with zero attached hydrogens (tertiary/aromatic N) is 3. The summed E-state index contributed by atoms with van der Waals surface area (Å²) in [4.78, 5) is 1.76. The number of hydrogen-bond acceptors (Lipinski definition) is 2. The van der Waals surface area contributed by atoms with Crippen LogP contribution in [-0.2, 0) is 6.54 Å². The van der Waals surface area contributed by atoms with Crippen LogP contribution in [0.25, 0.3) is 11.0 Å². The van der Waals surface area contributed by atoms with Gasteiger partial charge < -0.3 is 0 Å². The highest BCUT2D eigenvalue weighted by Crippen LogP contribution is 2.12. The highest BCUT2D eigenvalue weighted by molar-refractivity contribution is 8.93. The summed E-state index contributed by atoms with van der Waals surface area (Å²) in [6.07, 6.45) is 0. The minimum absolute atomic E-state index is 0.